The SMILES string of the molecule is CC.COc1ccc(C2Nc3ccccc3-c3c(CN=O)nnc4[nH]cc2c34)c(Cl)c1O. The minimum absolute atomic E-state index is 0.0913. The van der Waals surface area contributed by atoms with Crippen LogP contribution in [0, 0.1) is 4.91 Å². The van der Waals surface area contributed by atoms with Crippen LogP contribution in [0.4, 0.5) is 5.69 Å². The molecule has 3 heterocycles. The molecule has 1 unspecified atom stereocenters. The molecule has 0 saturated heterocycles. The predicted octanol–water partition coefficient (Wildman–Crippen LogP) is 5.80. The highest BCUT2D eigenvalue weighted by Gasteiger charge is 2.30. The van der Waals surface area contributed by atoms with E-state index in [1.165, 1.54) is 7.11 Å². The second-order valence-electron chi connectivity index (χ2n) is 6.92. The molecular formula is C23H22ClN5O3. The Morgan fingerprint density at radius 1 is 1.16 bits per heavy atom. The standard InChI is InChI=1S/C21H16ClN5O3.C2H6/c1-30-15-7-6-11(18(22)20(15)28)19-12-8-23-21-17(12)16(14(9-24-29)26-27-21)10-4-2-3-5-13(10)25-19;1-2/h2-8,19,25,28H,9H2,1H3,(H,23,27);1-2H3. The van der Waals surface area contributed by atoms with Crippen LogP contribution in [0.5, 0.6) is 11.5 Å². The van der Waals surface area contributed by atoms with Gasteiger partial charge in [0, 0.05) is 39.5 Å². The van der Waals surface area contributed by atoms with Gasteiger partial charge < -0.3 is 20.1 Å². The molecule has 1 aliphatic rings. The maximum Gasteiger partial charge on any atom is 0.177 e. The summed E-state index contributed by atoms with van der Waals surface area (Å²) in [4.78, 5) is 14.2. The number of ether oxygens (including phenoxy) is 1. The topological polar surface area (TPSA) is 112 Å². The average Bonchev–Trinajstić information content (AvgIpc) is 3.19. The molecule has 0 saturated carbocycles. The smallest absolute Gasteiger partial charge is 0.177 e. The molecule has 0 amide bonds. The zero-order chi connectivity index (χ0) is 22.8. The van der Waals surface area contributed by atoms with Crippen LogP contribution in [0.3, 0.4) is 0 Å². The zero-order valence-corrected chi connectivity index (χ0v) is 18.6. The van der Waals surface area contributed by atoms with Crippen LogP contribution in [0.25, 0.3) is 22.2 Å². The molecule has 9 heteroatoms. The molecule has 164 valence electrons. The van der Waals surface area contributed by atoms with Gasteiger partial charge in [0.1, 0.15) is 6.54 Å². The number of phenols is 1. The average molecular weight is 452 g/mol. The molecule has 4 aromatic rings. The number of halogens is 1. The van der Waals surface area contributed by atoms with Crippen LogP contribution in [0.15, 0.2) is 47.8 Å². The lowest BCUT2D eigenvalue weighted by atomic mass is 9.95. The van der Waals surface area contributed by atoms with Gasteiger partial charge in [0.25, 0.3) is 0 Å². The molecule has 1 aliphatic heterocycles. The van der Waals surface area contributed by atoms with Crippen molar-refractivity contribution in [1.29, 1.82) is 0 Å². The van der Waals surface area contributed by atoms with Crippen LogP contribution in [0.1, 0.15) is 36.7 Å². The van der Waals surface area contributed by atoms with Gasteiger partial charge in [-0.2, -0.15) is 10.0 Å². The molecule has 0 aliphatic carbocycles. The van der Waals surface area contributed by atoms with E-state index < -0.39 is 6.04 Å². The molecule has 8 nitrogen and oxygen atoms in total. The van der Waals surface area contributed by atoms with E-state index in [0.717, 1.165) is 27.8 Å². The molecular weight excluding hydrogens is 430 g/mol. The number of nitrogens with zero attached hydrogens (tertiary/aromatic N) is 3. The van der Waals surface area contributed by atoms with E-state index >= 15 is 0 Å². The summed E-state index contributed by atoms with van der Waals surface area (Å²) in [5, 5.41) is 26.5. The number of aromatic amines is 1. The monoisotopic (exact) mass is 451 g/mol. The van der Waals surface area contributed by atoms with Crippen LogP contribution >= 0.6 is 11.6 Å². The highest BCUT2D eigenvalue weighted by molar-refractivity contribution is 6.33. The molecule has 32 heavy (non-hydrogen) atoms. The lowest BCUT2D eigenvalue weighted by Crippen LogP contribution is -2.12. The zero-order valence-electron chi connectivity index (χ0n) is 17.8. The molecule has 0 radical (unpaired) electrons. The highest BCUT2D eigenvalue weighted by atomic mass is 35.5. The quantitative estimate of drug-likeness (QED) is 0.338. The van der Waals surface area contributed by atoms with Gasteiger partial charge in [0.15, 0.2) is 17.1 Å². The van der Waals surface area contributed by atoms with Crippen molar-refractivity contribution in [3.63, 3.8) is 0 Å². The fourth-order valence-corrected chi connectivity index (χ4v) is 4.28. The van der Waals surface area contributed by atoms with Crippen molar-refractivity contribution in [1.82, 2.24) is 15.2 Å². The number of rotatable bonds is 4. The van der Waals surface area contributed by atoms with E-state index in [9.17, 15) is 10.0 Å². The number of nitrogens with one attached hydrogen (secondary N) is 2. The fraction of sp³-hybridized carbons (Fsp3) is 0.217. The Morgan fingerprint density at radius 3 is 2.69 bits per heavy atom. The molecule has 0 fully saturated rings. The van der Waals surface area contributed by atoms with Gasteiger partial charge in [-0.05, 0) is 12.1 Å². The first-order valence-corrected chi connectivity index (χ1v) is 10.6. The van der Waals surface area contributed by atoms with E-state index in [1.807, 2.05) is 50.4 Å². The van der Waals surface area contributed by atoms with E-state index in [1.54, 1.807) is 6.07 Å². The number of anilines is 1. The number of H-pyrrole nitrogens is 1. The summed E-state index contributed by atoms with van der Waals surface area (Å²) in [5.74, 6) is 0.171. The van der Waals surface area contributed by atoms with Crippen LogP contribution in [-0.2, 0) is 6.54 Å². The number of para-hydroxylation sites is 1. The van der Waals surface area contributed by atoms with Gasteiger partial charge in [0.05, 0.1) is 23.9 Å². The summed E-state index contributed by atoms with van der Waals surface area (Å²) in [5.41, 5.74) is 5.15. The van der Waals surface area contributed by atoms with Crippen molar-refractivity contribution in [2.75, 3.05) is 12.4 Å². The van der Waals surface area contributed by atoms with Gasteiger partial charge in [0.2, 0.25) is 0 Å². The summed E-state index contributed by atoms with van der Waals surface area (Å²) in [6.07, 6.45) is 1.84. The molecule has 2 aromatic carbocycles. The normalized spacial score (nSPS) is 13.9. The maximum atomic E-state index is 11.0. The number of benzene rings is 2. The third kappa shape index (κ3) is 3.33. The predicted molar refractivity (Wildman–Crippen MR) is 125 cm³/mol. The molecule has 2 aromatic heterocycles. The third-order valence-corrected chi connectivity index (χ3v) is 5.76. The first kappa shape index (κ1) is 21.6. The van der Waals surface area contributed by atoms with Crippen LogP contribution in [0.2, 0.25) is 5.02 Å². The van der Waals surface area contributed by atoms with E-state index in [2.05, 4.69) is 25.7 Å². The molecule has 0 bridgehead atoms. The van der Waals surface area contributed by atoms with Crippen molar-refractivity contribution < 1.29 is 9.84 Å². The van der Waals surface area contributed by atoms with Crippen LogP contribution in [-0.4, -0.2) is 27.4 Å². The van der Waals surface area contributed by atoms with E-state index in [-0.39, 0.29) is 17.3 Å². The Hall–Kier alpha value is -3.65. The summed E-state index contributed by atoms with van der Waals surface area (Å²) < 4.78 is 5.17. The molecule has 3 N–H and O–H groups in total. The van der Waals surface area contributed by atoms with Crippen molar-refractivity contribution in [2.45, 2.75) is 26.4 Å². The number of aromatic nitrogens is 3. The maximum absolute atomic E-state index is 11.0. The Morgan fingerprint density at radius 2 is 1.94 bits per heavy atom. The Kier molecular flexibility index (Phi) is 5.96. The second-order valence-corrected chi connectivity index (χ2v) is 7.30. The summed E-state index contributed by atoms with van der Waals surface area (Å²) in [7, 11) is 1.47. The van der Waals surface area contributed by atoms with Crippen molar-refractivity contribution in [3.05, 3.63) is 69.3 Å². The number of nitroso groups, excluding NO2 is 1. The molecule has 5 rings (SSSR count). The number of phenolic OH excluding ortho intramolecular Hbond substituents is 1. The lowest BCUT2D eigenvalue weighted by Gasteiger charge is -2.21. The number of hydrogen-bond acceptors (Lipinski definition) is 7. The van der Waals surface area contributed by atoms with Crippen molar-refractivity contribution in [3.8, 4) is 22.6 Å². The Balaban J connectivity index is 0.00000119. The van der Waals surface area contributed by atoms with Crippen LogP contribution < -0.4 is 10.1 Å². The van der Waals surface area contributed by atoms with E-state index in [4.69, 9.17) is 16.3 Å². The highest BCUT2D eigenvalue weighted by Crippen LogP contribution is 2.47. The summed E-state index contributed by atoms with van der Waals surface area (Å²) in [6.45, 7) is 3.91. The second kappa shape index (κ2) is 8.84. The fourth-order valence-electron chi connectivity index (χ4n) is 4.02. The summed E-state index contributed by atoms with van der Waals surface area (Å²) >= 11 is 6.54. The molecule has 0 spiro atoms. The van der Waals surface area contributed by atoms with Crippen molar-refractivity contribution in [2.24, 2.45) is 5.18 Å². The molecule has 1 atom stereocenters. The number of aromatic hydroxyl groups is 1. The number of methoxy groups -OCH3 is 1. The van der Waals surface area contributed by atoms with Gasteiger partial charge in [-0.15, -0.1) is 5.10 Å². The third-order valence-electron chi connectivity index (χ3n) is 5.36. The van der Waals surface area contributed by atoms with Crippen molar-refractivity contribution >= 4 is 28.3 Å². The number of hydrogen-bond donors (Lipinski definition) is 3. The Bertz CT molecular complexity index is 1300. The minimum atomic E-state index is -0.397. The number of fused-ring (bicyclic) bond motifs is 2. The van der Waals surface area contributed by atoms with Gasteiger partial charge in [-0.1, -0.05) is 54.9 Å². The Labute approximate surface area is 189 Å². The largest absolute Gasteiger partial charge is 0.503 e. The summed E-state index contributed by atoms with van der Waals surface area (Å²) in [6, 6.07) is 10.8. The van der Waals surface area contributed by atoms with Gasteiger partial charge >= 0.3 is 0 Å². The first-order chi connectivity index (χ1) is 15.6. The first-order valence-electron chi connectivity index (χ1n) is 10.2. The minimum Gasteiger partial charge on any atom is -0.503 e. The lowest BCUT2D eigenvalue weighted by molar-refractivity contribution is 0.373. The van der Waals surface area contributed by atoms with Gasteiger partial charge in [-0.25, -0.2) is 0 Å². The van der Waals surface area contributed by atoms with E-state index in [0.29, 0.717) is 22.7 Å². The van der Waals surface area contributed by atoms with Gasteiger partial charge in [-0.3, -0.25) is 0 Å².